The first-order valence-electron chi connectivity index (χ1n) is 10.1. The summed E-state index contributed by atoms with van der Waals surface area (Å²) in [4.78, 5) is 27.6. The van der Waals surface area contributed by atoms with Crippen LogP contribution in [-0.2, 0) is 16.1 Å². The first-order chi connectivity index (χ1) is 16.0. The SMILES string of the molecule is COC(=O)c1ccc(C(CC=O)c2cccc(OCc3ccc4sc(Cl)c(Cl)c4n3)c2)cc1. The lowest BCUT2D eigenvalue weighted by Crippen LogP contribution is -2.05. The number of carbonyl (C=O) groups is 2. The second kappa shape index (κ2) is 10.3. The third-order valence-electron chi connectivity index (χ3n) is 5.21. The van der Waals surface area contributed by atoms with E-state index in [1.165, 1.54) is 18.4 Å². The number of thiophene rings is 1. The Morgan fingerprint density at radius 1 is 1.09 bits per heavy atom. The van der Waals surface area contributed by atoms with Gasteiger partial charge in [0.15, 0.2) is 0 Å². The second-order valence-electron chi connectivity index (χ2n) is 7.27. The Bertz CT molecular complexity index is 1300. The maximum atomic E-state index is 11.7. The number of aldehydes is 1. The van der Waals surface area contributed by atoms with Gasteiger partial charge in [-0.3, -0.25) is 0 Å². The van der Waals surface area contributed by atoms with Crippen LogP contribution in [0.1, 0.15) is 39.5 Å². The van der Waals surface area contributed by atoms with E-state index in [1.807, 2.05) is 48.5 Å². The number of esters is 1. The lowest BCUT2D eigenvalue weighted by atomic mass is 9.88. The highest BCUT2D eigenvalue weighted by atomic mass is 35.5. The van der Waals surface area contributed by atoms with E-state index in [-0.39, 0.29) is 12.5 Å². The van der Waals surface area contributed by atoms with Gasteiger partial charge in [0, 0.05) is 12.3 Å². The minimum Gasteiger partial charge on any atom is -0.487 e. The van der Waals surface area contributed by atoms with Crippen molar-refractivity contribution in [1.29, 1.82) is 0 Å². The highest BCUT2D eigenvalue weighted by Crippen LogP contribution is 2.38. The van der Waals surface area contributed by atoms with Gasteiger partial charge in [0.2, 0.25) is 0 Å². The summed E-state index contributed by atoms with van der Waals surface area (Å²) in [6.45, 7) is 0.259. The fraction of sp³-hybridized carbons (Fsp3) is 0.160. The van der Waals surface area contributed by atoms with Crippen molar-refractivity contribution in [2.45, 2.75) is 18.9 Å². The quantitative estimate of drug-likeness (QED) is 0.199. The molecule has 168 valence electrons. The van der Waals surface area contributed by atoms with Crippen LogP contribution in [0.25, 0.3) is 10.2 Å². The molecule has 5 nitrogen and oxygen atoms in total. The highest BCUT2D eigenvalue weighted by molar-refractivity contribution is 7.23. The lowest BCUT2D eigenvalue weighted by Gasteiger charge is -2.17. The van der Waals surface area contributed by atoms with Crippen LogP contribution in [-0.4, -0.2) is 24.3 Å². The van der Waals surface area contributed by atoms with Crippen molar-refractivity contribution in [3.8, 4) is 5.75 Å². The van der Waals surface area contributed by atoms with E-state index in [0.29, 0.717) is 32.6 Å². The third kappa shape index (κ3) is 5.19. The maximum absolute atomic E-state index is 11.7. The topological polar surface area (TPSA) is 65.5 Å². The molecule has 33 heavy (non-hydrogen) atoms. The summed E-state index contributed by atoms with van der Waals surface area (Å²) >= 11 is 13.7. The number of aromatic nitrogens is 1. The number of nitrogens with zero attached hydrogens (tertiary/aromatic N) is 1. The average molecular weight is 500 g/mol. The van der Waals surface area contributed by atoms with E-state index in [9.17, 15) is 9.59 Å². The molecule has 8 heteroatoms. The zero-order valence-corrected chi connectivity index (χ0v) is 19.9. The van der Waals surface area contributed by atoms with Gasteiger partial charge in [-0.15, -0.1) is 11.3 Å². The molecule has 2 heterocycles. The Labute approximate surface area is 204 Å². The van der Waals surface area contributed by atoms with E-state index in [0.717, 1.165) is 27.8 Å². The molecule has 0 aliphatic carbocycles. The molecule has 4 aromatic rings. The number of carbonyl (C=O) groups excluding carboxylic acids is 2. The molecule has 1 atom stereocenters. The number of hydrogen-bond acceptors (Lipinski definition) is 6. The molecule has 0 aliphatic rings. The van der Waals surface area contributed by atoms with Gasteiger partial charge in [0.05, 0.1) is 28.1 Å². The van der Waals surface area contributed by atoms with Crippen molar-refractivity contribution in [1.82, 2.24) is 4.98 Å². The van der Waals surface area contributed by atoms with Gasteiger partial charge in [-0.25, -0.2) is 9.78 Å². The van der Waals surface area contributed by atoms with E-state index in [2.05, 4.69) is 4.98 Å². The van der Waals surface area contributed by atoms with Crippen molar-refractivity contribution < 1.29 is 19.1 Å². The summed E-state index contributed by atoms with van der Waals surface area (Å²) in [6, 6.07) is 18.5. The lowest BCUT2D eigenvalue weighted by molar-refractivity contribution is -0.108. The molecule has 4 rings (SSSR count). The predicted molar refractivity (Wildman–Crippen MR) is 131 cm³/mol. The van der Waals surface area contributed by atoms with Crippen LogP contribution in [0.2, 0.25) is 9.36 Å². The Hall–Kier alpha value is -2.93. The van der Waals surface area contributed by atoms with Crippen LogP contribution in [0.5, 0.6) is 5.75 Å². The van der Waals surface area contributed by atoms with Crippen LogP contribution in [0.4, 0.5) is 0 Å². The van der Waals surface area contributed by atoms with Crippen molar-refractivity contribution in [3.05, 3.63) is 92.4 Å². The van der Waals surface area contributed by atoms with Gasteiger partial charge in [-0.1, -0.05) is 47.5 Å². The smallest absolute Gasteiger partial charge is 0.337 e. The third-order valence-corrected chi connectivity index (χ3v) is 7.14. The first kappa shape index (κ1) is 23.2. The molecule has 0 saturated heterocycles. The Morgan fingerprint density at radius 2 is 1.88 bits per heavy atom. The van der Waals surface area contributed by atoms with Crippen LogP contribution in [0, 0.1) is 0 Å². The highest BCUT2D eigenvalue weighted by Gasteiger charge is 2.16. The molecule has 0 saturated carbocycles. The van der Waals surface area contributed by atoms with Crippen molar-refractivity contribution in [2.75, 3.05) is 7.11 Å². The summed E-state index contributed by atoms with van der Waals surface area (Å²) < 4.78 is 12.2. The molecule has 0 N–H and O–H groups in total. The number of halogens is 2. The summed E-state index contributed by atoms with van der Waals surface area (Å²) in [5.41, 5.74) is 3.71. The first-order valence-corrected chi connectivity index (χ1v) is 11.7. The Morgan fingerprint density at radius 3 is 2.61 bits per heavy atom. The van der Waals surface area contributed by atoms with E-state index in [1.54, 1.807) is 12.1 Å². The molecule has 2 aromatic carbocycles. The average Bonchev–Trinajstić information content (AvgIpc) is 3.14. The van der Waals surface area contributed by atoms with Crippen molar-refractivity contribution in [2.24, 2.45) is 0 Å². The Kier molecular flexibility index (Phi) is 7.28. The number of methoxy groups -OCH3 is 1. The van der Waals surface area contributed by atoms with E-state index >= 15 is 0 Å². The molecule has 2 aromatic heterocycles. The zero-order valence-electron chi connectivity index (χ0n) is 17.6. The number of ether oxygens (including phenoxy) is 2. The largest absolute Gasteiger partial charge is 0.487 e. The van der Waals surface area contributed by atoms with Crippen molar-refractivity contribution >= 4 is 57.0 Å². The van der Waals surface area contributed by atoms with Crippen LogP contribution < -0.4 is 4.74 Å². The molecular formula is C25H19Cl2NO4S. The van der Waals surface area contributed by atoms with Gasteiger partial charge >= 0.3 is 5.97 Å². The van der Waals surface area contributed by atoms with E-state index in [4.69, 9.17) is 32.7 Å². The molecule has 0 spiro atoms. The van der Waals surface area contributed by atoms with Crippen LogP contribution >= 0.6 is 34.5 Å². The van der Waals surface area contributed by atoms with E-state index < -0.39 is 5.97 Å². The molecule has 1 unspecified atom stereocenters. The molecule has 0 fully saturated rings. The number of pyridine rings is 1. The second-order valence-corrected chi connectivity index (χ2v) is 9.30. The number of fused-ring (bicyclic) bond motifs is 1. The van der Waals surface area contributed by atoms with Gasteiger partial charge in [-0.2, -0.15) is 0 Å². The molecular weight excluding hydrogens is 481 g/mol. The van der Waals surface area contributed by atoms with Gasteiger partial charge in [-0.05, 0) is 47.5 Å². The van der Waals surface area contributed by atoms with Crippen molar-refractivity contribution in [3.63, 3.8) is 0 Å². The normalized spacial score (nSPS) is 11.8. The standard InChI is InChI=1S/C25H19Cl2NO4S/c1-31-25(30)16-7-5-15(6-8-16)20(11-12-29)17-3-2-4-19(13-17)32-14-18-9-10-21-23(28-18)22(26)24(27)33-21/h2-10,12-13,20H,11,14H2,1H3. The summed E-state index contributed by atoms with van der Waals surface area (Å²) in [5.74, 6) is 0.0894. The Balaban J connectivity index is 1.53. The van der Waals surface area contributed by atoms with Gasteiger partial charge < -0.3 is 14.3 Å². The molecule has 0 aliphatic heterocycles. The monoisotopic (exact) mass is 499 g/mol. The fourth-order valence-corrected chi connectivity index (χ4v) is 4.96. The fourth-order valence-electron chi connectivity index (χ4n) is 3.55. The summed E-state index contributed by atoms with van der Waals surface area (Å²) in [6.07, 6.45) is 1.19. The number of benzene rings is 2. The molecule has 0 amide bonds. The minimum atomic E-state index is -0.401. The summed E-state index contributed by atoms with van der Waals surface area (Å²) in [7, 11) is 1.34. The minimum absolute atomic E-state index is 0.168. The predicted octanol–water partition coefficient (Wildman–Crippen LogP) is 6.69. The zero-order chi connectivity index (χ0) is 23.4. The van der Waals surface area contributed by atoms with Crippen LogP contribution in [0.3, 0.4) is 0 Å². The number of hydrogen-bond donors (Lipinski definition) is 0. The van der Waals surface area contributed by atoms with Gasteiger partial charge in [0.1, 0.15) is 28.5 Å². The maximum Gasteiger partial charge on any atom is 0.337 e. The molecule has 0 radical (unpaired) electrons. The molecule has 0 bridgehead atoms. The summed E-state index contributed by atoms with van der Waals surface area (Å²) in [5, 5.41) is 0.454. The van der Waals surface area contributed by atoms with Gasteiger partial charge in [0.25, 0.3) is 0 Å². The van der Waals surface area contributed by atoms with Crippen LogP contribution in [0.15, 0.2) is 60.7 Å². The number of rotatable bonds is 8.